The smallest absolute Gasteiger partial charge is 0.261 e. The maximum Gasteiger partial charge on any atom is 0.261 e. The van der Waals surface area contributed by atoms with Crippen molar-refractivity contribution < 1.29 is 24.3 Å². The van der Waals surface area contributed by atoms with Crippen molar-refractivity contribution >= 4 is 29.3 Å². The summed E-state index contributed by atoms with van der Waals surface area (Å²) >= 11 is 0. The molecule has 0 bridgehead atoms. The Kier molecular flexibility index (Phi) is 3.53. The number of anilines is 1. The number of phenolic OH excluding ortho intramolecular Hbond substituents is 1. The minimum atomic E-state index is -0.493. The Hall–Kier alpha value is -3.22. The number of hydrogen-bond acceptors (Lipinski definition) is 5. The van der Waals surface area contributed by atoms with E-state index in [-0.39, 0.29) is 24.3 Å². The number of carbonyl (C=O) groups excluding carboxylic acids is 4. The van der Waals surface area contributed by atoms with Crippen LogP contribution in [0.25, 0.3) is 0 Å². The highest BCUT2D eigenvalue weighted by atomic mass is 16.3. The average Bonchev–Trinajstić information content (AvgIpc) is 2.98. The maximum atomic E-state index is 12.3. The largest absolute Gasteiger partial charge is 0.508 e. The quantitative estimate of drug-likeness (QED) is 0.817. The van der Waals surface area contributed by atoms with Gasteiger partial charge in [0.1, 0.15) is 5.75 Å². The zero-order chi connectivity index (χ0) is 16.6. The second kappa shape index (κ2) is 5.53. The van der Waals surface area contributed by atoms with E-state index in [1.54, 1.807) is 0 Å². The molecule has 116 valence electrons. The van der Waals surface area contributed by atoms with Gasteiger partial charge in [-0.3, -0.25) is 24.1 Å². The van der Waals surface area contributed by atoms with Crippen LogP contribution >= 0.6 is 0 Å². The zero-order valence-electron chi connectivity index (χ0n) is 11.9. The average molecular weight is 312 g/mol. The van der Waals surface area contributed by atoms with E-state index in [9.17, 15) is 24.3 Å². The van der Waals surface area contributed by atoms with Gasteiger partial charge in [-0.25, -0.2) is 4.90 Å². The lowest BCUT2D eigenvalue weighted by Crippen LogP contribution is -2.33. The second-order valence-electron chi connectivity index (χ2n) is 5.08. The van der Waals surface area contributed by atoms with Gasteiger partial charge in [0.25, 0.3) is 23.6 Å². The number of imide groups is 2. The van der Waals surface area contributed by atoms with Gasteiger partial charge < -0.3 is 5.11 Å². The number of phenols is 1. The molecule has 7 heteroatoms. The normalized spacial score (nSPS) is 17.5. The molecule has 4 amide bonds. The standard InChI is InChI=1S/C16H12N2O5/c19-12-3-1-11(2-4-12)18-15(22)9-10(16(18)23)7-8-17-13(20)5-6-14(17)21/h1-6,9,19H,7-8H2. The predicted octanol–water partition coefficient (Wildman–Crippen LogP) is 0.507. The summed E-state index contributed by atoms with van der Waals surface area (Å²) in [6.45, 7) is 0.0406. The van der Waals surface area contributed by atoms with Crippen molar-refractivity contribution in [2.24, 2.45) is 0 Å². The molecule has 7 nitrogen and oxygen atoms in total. The fraction of sp³-hybridized carbons (Fsp3) is 0.125. The van der Waals surface area contributed by atoms with Crippen LogP contribution < -0.4 is 4.90 Å². The van der Waals surface area contributed by atoms with Gasteiger partial charge in [0.2, 0.25) is 0 Å². The van der Waals surface area contributed by atoms with Crippen LogP contribution in [-0.4, -0.2) is 40.2 Å². The molecule has 0 spiro atoms. The van der Waals surface area contributed by atoms with Crippen molar-refractivity contribution in [2.45, 2.75) is 6.42 Å². The third kappa shape index (κ3) is 2.64. The number of hydrogen-bond donors (Lipinski definition) is 1. The van der Waals surface area contributed by atoms with Gasteiger partial charge in [0, 0.05) is 30.3 Å². The summed E-state index contributed by atoms with van der Waals surface area (Å²) < 4.78 is 0. The molecule has 0 radical (unpaired) electrons. The first kappa shape index (κ1) is 14.7. The van der Waals surface area contributed by atoms with Crippen LogP contribution in [0.1, 0.15) is 6.42 Å². The van der Waals surface area contributed by atoms with E-state index in [4.69, 9.17) is 0 Å². The number of amides is 4. The molecule has 3 rings (SSSR count). The topological polar surface area (TPSA) is 95.0 Å². The molecule has 0 fully saturated rings. The van der Waals surface area contributed by atoms with Gasteiger partial charge >= 0.3 is 0 Å². The summed E-state index contributed by atoms with van der Waals surface area (Å²) in [6, 6.07) is 5.67. The Balaban J connectivity index is 1.71. The highest BCUT2D eigenvalue weighted by Crippen LogP contribution is 2.26. The van der Waals surface area contributed by atoms with Crippen LogP contribution in [0.3, 0.4) is 0 Å². The van der Waals surface area contributed by atoms with Crippen molar-refractivity contribution in [2.75, 3.05) is 11.4 Å². The Morgan fingerprint density at radius 3 is 2.09 bits per heavy atom. The van der Waals surface area contributed by atoms with E-state index in [1.165, 1.54) is 42.5 Å². The second-order valence-corrected chi connectivity index (χ2v) is 5.08. The van der Waals surface area contributed by atoms with Crippen molar-refractivity contribution in [1.29, 1.82) is 0 Å². The van der Waals surface area contributed by atoms with Crippen molar-refractivity contribution in [1.82, 2.24) is 4.90 Å². The Bertz CT molecular complexity index is 758. The summed E-state index contributed by atoms with van der Waals surface area (Å²) in [4.78, 5) is 49.3. The molecule has 0 aliphatic carbocycles. The summed E-state index contributed by atoms with van der Waals surface area (Å²) in [5.74, 6) is -1.81. The first-order chi connectivity index (χ1) is 11.0. The monoisotopic (exact) mass is 312 g/mol. The number of nitrogens with zero attached hydrogens (tertiary/aromatic N) is 2. The third-order valence-corrected chi connectivity index (χ3v) is 3.61. The molecule has 1 aromatic carbocycles. The van der Waals surface area contributed by atoms with E-state index in [1.807, 2.05) is 0 Å². The van der Waals surface area contributed by atoms with Crippen LogP contribution in [0, 0.1) is 0 Å². The highest BCUT2D eigenvalue weighted by Gasteiger charge is 2.33. The summed E-state index contributed by atoms with van der Waals surface area (Å²) in [6.07, 6.45) is 3.65. The summed E-state index contributed by atoms with van der Waals surface area (Å²) in [5.41, 5.74) is 0.578. The van der Waals surface area contributed by atoms with Crippen LogP contribution in [0.4, 0.5) is 5.69 Å². The molecule has 1 aromatic rings. The van der Waals surface area contributed by atoms with Gasteiger partial charge in [0.15, 0.2) is 0 Å². The molecule has 2 aliphatic heterocycles. The van der Waals surface area contributed by atoms with Crippen LogP contribution in [0.2, 0.25) is 0 Å². The number of rotatable bonds is 4. The lowest BCUT2D eigenvalue weighted by Gasteiger charge is -2.16. The third-order valence-electron chi connectivity index (χ3n) is 3.61. The lowest BCUT2D eigenvalue weighted by molar-refractivity contribution is -0.137. The van der Waals surface area contributed by atoms with Crippen LogP contribution in [0.5, 0.6) is 5.75 Å². The van der Waals surface area contributed by atoms with Crippen LogP contribution in [0.15, 0.2) is 48.1 Å². The molecule has 23 heavy (non-hydrogen) atoms. The van der Waals surface area contributed by atoms with Gasteiger partial charge in [-0.05, 0) is 30.7 Å². The predicted molar refractivity (Wildman–Crippen MR) is 79.2 cm³/mol. The Morgan fingerprint density at radius 2 is 1.48 bits per heavy atom. The van der Waals surface area contributed by atoms with E-state index in [0.29, 0.717) is 5.69 Å². The van der Waals surface area contributed by atoms with Crippen LogP contribution in [-0.2, 0) is 19.2 Å². The minimum absolute atomic E-state index is 0.0274. The number of carbonyl (C=O) groups is 4. The van der Waals surface area contributed by atoms with Gasteiger partial charge in [-0.15, -0.1) is 0 Å². The van der Waals surface area contributed by atoms with E-state index < -0.39 is 23.6 Å². The molecule has 0 saturated carbocycles. The molecule has 0 atom stereocenters. The number of benzene rings is 1. The summed E-state index contributed by atoms with van der Waals surface area (Å²) in [7, 11) is 0. The molecule has 2 aliphatic rings. The van der Waals surface area contributed by atoms with Gasteiger partial charge in [0.05, 0.1) is 5.69 Å². The molecular weight excluding hydrogens is 300 g/mol. The van der Waals surface area contributed by atoms with Crippen molar-refractivity contribution in [3.63, 3.8) is 0 Å². The summed E-state index contributed by atoms with van der Waals surface area (Å²) in [5, 5.41) is 9.26. The maximum absolute atomic E-state index is 12.3. The fourth-order valence-corrected chi connectivity index (χ4v) is 2.43. The van der Waals surface area contributed by atoms with Gasteiger partial charge in [-0.2, -0.15) is 0 Å². The van der Waals surface area contributed by atoms with E-state index >= 15 is 0 Å². The molecule has 2 heterocycles. The first-order valence-electron chi connectivity index (χ1n) is 6.89. The Morgan fingerprint density at radius 1 is 0.870 bits per heavy atom. The zero-order valence-corrected chi connectivity index (χ0v) is 11.9. The van der Waals surface area contributed by atoms with E-state index in [2.05, 4.69) is 0 Å². The molecular formula is C16H12N2O5. The first-order valence-corrected chi connectivity index (χ1v) is 6.89. The molecule has 1 N–H and O–H groups in total. The molecule has 0 aromatic heterocycles. The van der Waals surface area contributed by atoms with Gasteiger partial charge in [-0.1, -0.05) is 0 Å². The lowest BCUT2D eigenvalue weighted by atomic mass is 10.2. The Labute approximate surface area is 131 Å². The van der Waals surface area contributed by atoms with Crippen molar-refractivity contribution in [3.05, 3.63) is 48.1 Å². The highest BCUT2D eigenvalue weighted by molar-refractivity contribution is 6.30. The molecule has 0 unspecified atom stereocenters. The number of aromatic hydroxyl groups is 1. The molecule has 0 saturated heterocycles. The minimum Gasteiger partial charge on any atom is -0.508 e. The van der Waals surface area contributed by atoms with Crippen molar-refractivity contribution in [3.8, 4) is 5.75 Å². The van der Waals surface area contributed by atoms with E-state index in [0.717, 1.165) is 9.80 Å². The fourth-order valence-electron chi connectivity index (χ4n) is 2.43. The SMILES string of the molecule is O=C1C=CC(=O)N1CCC1=CC(=O)N(c2ccc(O)cc2)C1=O.